The van der Waals surface area contributed by atoms with Gasteiger partial charge in [-0.2, -0.15) is 0 Å². The molecule has 1 saturated heterocycles. The van der Waals surface area contributed by atoms with Crippen LogP contribution in [0.5, 0.6) is 0 Å². The average Bonchev–Trinajstić information content (AvgIpc) is 2.92. The van der Waals surface area contributed by atoms with Gasteiger partial charge in [-0.15, -0.1) is 0 Å². The van der Waals surface area contributed by atoms with Gasteiger partial charge >= 0.3 is 6.09 Å². The Morgan fingerprint density at radius 3 is 2.96 bits per heavy atom. The Bertz CT molecular complexity index is 715. The van der Waals surface area contributed by atoms with Crippen LogP contribution in [0, 0.1) is 6.92 Å². The fourth-order valence-corrected chi connectivity index (χ4v) is 3.25. The normalized spacial score (nSPS) is 19.1. The summed E-state index contributed by atoms with van der Waals surface area (Å²) in [7, 11) is 0. The summed E-state index contributed by atoms with van der Waals surface area (Å²) in [5.41, 5.74) is 3.90. The van der Waals surface area contributed by atoms with Crippen molar-refractivity contribution in [1.82, 2.24) is 14.9 Å². The van der Waals surface area contributed by atoms with E-state index in [-0.39, 0.29) is 6.09 Å². The zero-order chi connectivity index (χ0) is 16.6. The van der Waals surface area contributed by atoms with Crippen LogP contribution in [-0.2, 0) is 4.74 Å². The second kappa shape index (κ2) is 5.87. The quantitative estimate of drug-likeness (QED) is 0.865. The monoisotopic (exact) mass is 315 g/mol. The number of ether oxygens (including phenoxy) is 1. The molecule has 124 valence electrons. The Morgan fingerprint density at radius 2 is 2.22 bits per heavy atom. The number of pyridine rings is 1. The van der Waals surface area contributed by atoms with E-state index in [1.54, 1.807) is 0 Å². The van der Waals surface area contributed by atoms with E-state index in [0.717, 1.165) is 36.1 Å². The number of piperidine rings is 1. The molecule has 3 rings (SSSR count). The summed E-state index contributed by atoms with van der Waals surface area (Å²) in [6.45, 7) is 9.20. The molecule has 1 aliphatic rings. The number of carbonyl (C=O) groups is 1. The maximum absolute atomic E-state index is 12.4. The summed E-state index contributed by atoms with van der Waals surface area (Å²) in [6, 6.07) is 4.14. The molecular weight excluding hydrogens is 290 g/mol. The number of aromatic nitrogens is 2. The maximum atomic E-state index is 12.4. The van der Waals surface area contributed by atoms with Crippen molar-refractivity contribution >= 4 is 17.1 Å². The van der Waals surface area contributed by atoms with Gasteiger partial charge in [0, 0.05) is 30.9 Å². The maximum Gasteiger partial charge on any atom is 0.410 e. The van der Waals surface area contributed by atoms with E-state index >= 15 is 0 Å². The molecule has 0 aromatic carbocycles. The number of likely N-dealkylation sites (tertiary alicyclic amines) is 1. The van der Waals surface area contributed by atoms with Gasteiger partial charge < -0.3 is 14.6 Å². The number of hydrogen-bond donors (Lipinski definition) is 1. The van der Waals surface area contributed by atoms with Crippen molar-refractivity contribution < 1.29 is 9.53 Å². The van der Waals surface area contributed by atoms with Crippen molar-refractivity contribution in [3.63, 3.8) is 0 Å². The number of amides is 1. The number of H-pyrrole nitrogens is 1. The van der Waals surface area contributed by atoms with E-state index in [2.05, 4.69) is 16.0 Å². The molecule has 0 bridgehead atoms. The van der Waals surface area contributed by atoms with E-state index in [1.807, 2.05) is 44.9 Å². The third-order valence-corrected chi connectivity index (χ3v) is 4.19. The zero-order valence-electron chi connectivity index (χ0n) is 14.3. The molecule has 1 aliphatic heterocycles. The summed E-state index contributed by atoms with van der Waals surface area (Å²) < 4.78 is 5.52. The minimum atomic E-state index is -0.454. The lowest BCUT2D eigenvalue weighted by molar-refractivity contribution is 0.0198. The number of fused-ring (bicyclic) bond motifs is 1. The molecule has 23 heavy (non-hydrogen) atoms. The third-order valence-electron chi connectivity index (χ3n) is 4.19. The van der Waals surface area contributed by atoms with Crippen molar-refractivity contribution in [2.45, 2.75) is 52.1 Å². The topological polar surface area (TPSA) is 58.2 Å². The fourth-order valence-electron chi connectivity index (χ4n) is 3.25. The summed E-state index contributed by atoms with van der Waals surface area (Å²) in [4.78, 5) is 22.0. The molecule has 1 fully saturated rings. The van der Waals surface area contributed by atoms with Crippen molar-refractivity contribution in [2.24, 2.45) is 0 Å². The Morgan fingerprint density at radius 1 is 1.43 bits per heavy atom. The minimum Gasteiger partial charge on any atom is -0.444 e. The molecule has 1 N–H and O–H groups in total. The van der Waals surface area contributed by atoms with Gasteiger partial charge in [0.1, 0.15) is 5.60 Å². The van der Waals surface area contributed by atoms with E-state index in [1.165, 1.54) is 5.56 Å². The van der Waals surface area contributed by atoms with Crippen LogP contribution in [-0.4, -0.2) is 39.7 Å². The second-order valence-electron chi connectivity index (χ2n) is 7.36. The van der Waals surface area contributed by atoms with Gasteiger partial charge in [0.05, 0.1) is 11.0 Å². The number of rotatable bonds is 1. The van der Waals surface area contributed by atoms with Gasteiger partial charge in [-0.1, -0.05) is 0 Å². The molecule has 3 heterocycles. The van der Waals surface area contributed by atoms with Gasteiger partial charge in [-0.3, -0.25) is 4.98 Å². The van der Waals surface area contributed by atoms with Crippen LogP contribution in [0.1, 0.15) is 50.8 Å². The summed E-state index contributed by atoms with van der Waals surface area (Å²) in [5, 5.41) is 0. The predicted octanol–water partition coefficient (Wildman–Crippen LogP) is 3.99. The lowest BCUT2D eigenvalue weighted by Gasteiger charge is -2.34. The third kappa shape index (κ3) is 3.49. The predicted molar refractivity (Wildman–Crippen MR) is 90.6 cm³/mol. The number of aromatic amines is 1. The largest absolute Gasteiger partial charge is 0.444 e. The number of nitrogens with zero attached hydrogens (tertiary/aromatic N) is 2. The number of hydrogen-bond acceptors (Lipinski definition) is 3. The lowest BCUT2D eigenvalue weighted by Crippen LogP contribution is -2.42. The first-order chi connectivity index (χ1) is 10.8. The van der Waals surface area contributed by atoms with E-state index < -0.39 is 5.60 Å². The summed E-state index contributed by atoms with van der Waals surface area (Å²) in [6.07, 6.45) is 3.79. The van der Waals surface area contributed by atoms with Crippen LogP contribution >= 0.6 is 0 Å². The van der Waals surface area contributed by atoms with Crippen LogP contribution in [0.2, 0.25) is 0 Å². The standard InChI is InChI=1S/C18H25N3O2/c1-12-10-14(16-15(20-12)7-8-19-16)13-6-5-9-21(11-13)17(22)23-18(2,3)4/h7-8,10,13,19H,5-6,9,11H2,1-4H3. The van der Waals surface area contributed by atoms with Crippen molar-refractivity contribution in [3.8, 4) is 0 Å². The second-order valence-corrected chi connectivity index (χ2v) is 7.36. The first-order valence-corrected chi connectivity index (χ1v) is 8.26. The van der Waals surface area contributed by atoms with Gasteiger partial charge in [0.15, 0.2) is 0 Å². The molecule has 1 atom stereocenters. The summed E-state index contributed by atoms with van der Waals surface area (Å²) in [5.74, 6) is 0.319. The molecule has 1 amide bonds. The molecule has 0 spiro atoms. The SMILES string of the molecule is Cc1cc(C2CCCN(C(=O)OC(C)(C)C)C2)c2[nH]ccc2n1. The molecule has 1 unspecified atom stereocenters. The molecule has 5 nitrogen and oxygen atoms in total. The summed E-state index contributed by atoms with van der Waals surface area (Å²) >= 11 is 0. The minimum absolute atomic E-state index is 0.212. The van der Waals surface area contributed by atoms with Crippen LogP contribution < -0.4 is 0 Å². The van der Waals surface area contributed by atoms with Crippen LogP contribution in [0.4, 0.5) is 4.79 Å². The van der Waals surface area contributed by atoms with Gasteiger partial charge in [0.25, 0.3) is 0 Å². The molecule has 5 heteroatoms. The molecular formula is C18H25N3O2. The van der Waals surface area contributed by atoms with Gasteiger partial charge in [-0.25, -0.2) is 4.79 Å². The number of nitrogens with one attached hydrogen (secondary N) is 1. The number of aryl methyl sites for hydroxylation is 1. The number of carbonyl (C=O) groups excluding carboxylic acids is 1. The van der Waals surface area contributed by atoms with Crippen LogP contribution in [0.3, 0.4) is 0 Å². The van der Waals surface area contributed by atoms with E-state index in [9.17, 15) is 4.79 Å². The van der Waals surface area contributed by atoms with Crippen LogP contribution in [0.25, 0.3) is 11.0 Å². The van der Waals surface area contributed by atoms with Gasteiger partial charge in [0.2, 0.25) is 0 Å². The highest BCUT2D eigenvalue weighted by Crippen LogP contribution is 2.32. The Kier molecular flexibility index (Phi) is 4.04. The van der Waals surface area contributed by atoms with Crippen molar-refractivity contribution in [3.05, 3.63) is 29.6 Å². The Balaban J connectivity index is 1.83. The van der Waals surface area contributed by atoms with Gasteiger partial charge in [-0.05, 0) is 58.2 Å². The van der Waals surface area contributed by atoms with Crippen molar-refractivity contribution in [1.29, 1.82) is 0 Å². The fraction of sp³-hybridized carbons (Fsp3) is 0.556. The molecule has 0 saturated carbocycles. The highest BCUT2D eigenvalue weighted by Gasteiger charge is 2.29. The first-order valence-electron chi connectivity index (χ1n) is 8.26. The lowest BCUT2D eigenvalue weighted by atomic mass is 9.90. The first kappa shape index (κ1) is 15.8. The molecule has 2 aromatic rings. The molecule has 0 radical (unpaired) electrons. The average molecular weight is 315 g/mol. The Hall–Kier alpha value is -2.04. The zero-order valence-corrected chi connectivity index (χ0v) is 14.3. The highest BCUT2D eigenvalue weighted by molar-refractivity contribution is 5.79. The van der Waals surface area contributed by atoms with E-state index in [4.69, 9.17) is 4.74 Å². The van der Waals surface area contributed by atoms with Crippen molar-refractivity contribution in [2.75, 3.05) is 13.1 Å². The Labute approximate surface area is 137 Å². The van der Waals surface area contributed by atoms with Crippen LogP contribution in [0.15, 0.2) is 18.3 Å². The molecule has 0 aliphatic carbocycles. The van der Waals surface area contributed by atoms with E-state index in [0.29, 0.717) is 12.5 Å². The molecule has 2 aromatic heterocycles. The highest BCUT2D eigenvalue weighted by atomic mass is 16.6. The smallest absolute Gasteiger partial charge is 0.410 e.